The molecule has 0 N–H and O–H groups in total. The van der Waals surface area contributed by atoms with E-state index in [0.717, 1.165) is 16.9 Å². The lowest BCUT2D eigenvalue weighted by Crippen LogP contribution is -1.99. The molecule has 1 aliphatic carbocycles. The second-order valence-electron chi connectivity index (χ2n) is 5.05. The zero-order chi connectivity index (χ0) is 14.8. The molecule has 0 bridgehead atoms. The van der Waals surface area contributed by atoms with Crippen LogP contribution in [0.15, 0.2) is 59.1 Å². The molecule has 2 aromatic carbocycles. The lowest BCUT2D eigenvalue weighted by Gasteiger charge is -2.15. The lowest BCUT2D eigenvalue weighted by molar-refractivity contribution is -0.114. The first-order valence-electron chi connectivity index (χ1n) is 6.83. The van der Waals surface area contributed by atoms with Gasteiger partial charge in [0.05, 0.1) is 11.6 Å². The monoisotopic (exact) mass is 342 g/mol. The first-order chi connectivity index (χ1) is 10.2. The minimum Gasteiger partial charge on any atom is -0.497 e. The fraction of sp³-hybridized carbons (Fsp3) is 0.167. The van der Waals surface area contributed by atoms with Gasteiger partial charge in [-0.15, -0.1) is 0 Å². The Morgan fingerprint density at radius 1 is 1.05 bits per heavy atom. The van der Waals surface area contributed by atoms with Gasteiger partial charge in [0, 0.05) is 12.3 Å². The molecule has 1 aliphatic rings. The molecule has 0 aromatic heterocycles. The number of ketones is 1. The molecule has 0 aliphatic heterocycles. The van der Waals surface area contributed by atoms with Crippen molar-refractivity contribution >= 4 is 27.3 Å². The van der Waals surface area contributed by atoms with Crippen molar-refractivity contribution < 1.29 is 9.53 Å². The molecule has 0 fully saturated rings. The van der Waals surface area contributed by atoms with Gasteiger partial charge in [-0.25, -0.2) is 0 Å². The Kier molecular flexibility index (Phi) is 3.93. The highest BCUT2D eigenvalue weighted by molar-refractivity contribution is 9.12. The molecule has 2 nitrogen and oxygen atoms in total. The minimum absolute atomic E-state index is 0.112. The molecule has 0 heterocycles. The number of Topliss-reactive ketones (excluding diaryl/α,β-unsaturated/α-hetero) is 1. The van der Waals surface area contributed by atoms with Crippen LogP contribution in [0.5, 0.6) is 5.75 Å². The number of rotatable bonds is 3. The smallest absolute Gasteiger partial charge is 0.171 e. The van der Waals surface area contributed by atoms with Crippen LogP contribution in [0.1, 0.15) is 23.5 Å². The minimum atomic E-state index is 0.112. The molecular formula is C18H15BrO2. The van der Waals surface area contributed by atoms with Gasteiger partial charge in [0.25, 0.3) is 0 Å². The molecule has 3 heteroatoms. The summed E-state index contributed by atoms with van der Waals surface area (Å²) in [5.74, 6) is 1.09. The summed E-state index contributed by atoms with van der Waals surface area (Å²) in [6.07, 6.45) is 0.520. The standard InChI is InChI=1S/C18H15BrO2/c1-21-14-9-7-13(8-10-14)17-15(11-16(20)18(17)19)12-5-3-2-4-6-12/h2-10,15H,11H2,1H3/t15-/m0/s1. The van der Waals surface area contributed by atoms with E-state index in [0.29, 0.717) is 10.9 Å². The normalized spacial score (nSPS) is 18.2. The Labute approximate surface area is 132 Å². The lowest BCUT2D eigenvalue weighted by atomic mass is 9.88. The molecule has 0 radical (unpaired) electrons. The zero-order valence-electron chi connectivity index (χ0n) is 11.7. The van der Waals surface area contributed by atoms with E-state index in [-0.39, 0.29) is 11.7 Å². The van der Waals surface area contributed by atoms with Crippen LogP contribution in [0.3, 0.4) is 0 Å². The van der Waals surface area contributed by atoms with Crippen molar-refractivity contribution in [1.82, 2.24) is 0 Å². The number of halogens is 1. The van der Waals surface area contributed by atoms with E-state index in [4.69, 9.17) is 4.74 Å². The van der Waals surface area contributed by atoms with Crippen LogP contribution in [0.4, 0.5) is 0 Å². The Balaban J connectivity index is 2.05. The van der Waals surface area contributed by atoms with Crippen LogP contribution in [-0.4, -0.2) is 12.9 Å². The Hall–Kier alpha value is -1.87. The maximum Gasteiger partial charge on any atom is 0.171 e. The number of allylic oxidation sites excluding steroid dienone is 2. The summed E-state index contributed by atoms with van der Waals surface area (Å²) in [4.78, 5) is 12.1. The molecule has 21 heavy (non-hydrogen) atoms. The van der Waals surface area contributed by atoms with Crippen LogP contribution in [0, 0.1) is 0 Å². The van der Waals surface area contributed by atoms with E-state index >= 15 is 0 Å². The summed E-state index contributed by atoms with van der Waals surface area (Å²) in [6.45, 7) is 0. The molecule has 0 spiro atoms. The van der Waals surface area contributed by atoms with Gasteiger partial charge in [0.1, 0.15) is 5.75 Å². The maximum absolute atomic E-state index is 12.1. The third-order valence-electron chi connectivity index (χ3n) is 3.82. The average molecular weight is 343 g/mol. The number of ether oxygens (including phenoxy) is 1. The third kappa shape index (κ3) is 2.66. The SMILES string of the molecule is COc1ccc(C2=C(Br)C(=O)C[C@H]2c2ccccc2)cc1. The van der Waals surface area contributed by atoms with Crippen molar-refractivity contribution in [3.05, 3.63) is 70.2 Å². The van der Waals surface area contributed by atoms with Gasteiger partial charge in [-0.2, -0.15) is 0 Å². The average Bonchev–Trinajstić information content (AvgIpc) is 2.84. The molecule has 0 unspecified atom stereocenters. The Morgan fingerprint density at radius 3 is 2.33 bits per heavy atom. The van der Waals surface area contributed by atoms with Gasteiger partial charge in [0.15, 0.2) is 5.78 Å². The summed E-state index contributed by atoms with van der Waals surface area (Å²) in [5, 5.41) is 0. The number of hydrogen-bond donors (Lipinski definition) is 0. The van der Waals surface area contributed by atoms with Crippen molar-refractivity contribution in [1.29, 1.82) is 0 Å². The molecule has 0 saturated heterocycles. The van der Waals surface area contributed by atoms with Crippen molar-refractivity contribution in [3.8, 4) is 5.75 Å². The highest BCUT2D eigenvalue weighted by Gasteiger charge is 2.32. The van der Waals surface area contributed by atoms with Gasteiger partial charge in [-0.1, -0.05) is 42.5 Å². The fourth-order valence-electron chi connectivity index (χ4n) is 2.75. The van der Waals surface area contributed by atoms with Crippen molar-refractivity contribution in [3.63, 3.8) is 0 Å². The maximum atomic E-state index is 12.1. The molecule has 2 aromatic rings. The quantitative estimate of drug-likeness (QED) is 0.817. The number of carbonyl (C=O) groups excluding carboxylic acids is 1. The van der Waals surface area contributed by atoms with Crippen molar-refractivity contribution in [2.45, 2.75) is 12.3 Å². The van der Waals surface area contributed by atoms with Crippen LogP contribution in [-0.2, 0) is 4.79 Å². The van der Waals surface area contributed by atoms with E-state index in [2.05, 4.69) is 28.1 Å². The van der Waals surface area contributed by atoms with Gasteiger partial charge < -0.3 is 4.74 Å². The Bertz CT molecular complexity index is 687. The van der Waals surface area contributed by atoms with E-state index in [1.54, 1.807) is 7.11 Å². The largest absolute Gasteiger partial charge is 0.497 e. The van der Waals surface area contributed by atoms with Gasteiger partial charge in [-0.3, -0.25) is 4.79 Å². The predicted octanol–water partition coefficient (Wildman–Crippen LogP) is 4.56. The van der Waals surface area contributed by atoms with E-state index in [1.165, 1.54) is 5.56 Å². The summed E-state index contributed by atoms with van der Waals surface area (Å²) in [7, 11) is 1.65. The number of methoxy groups -OCH3 is 1. The highest BCUT2D eigenvalue weighted by atomic mass is 79.9. The van der Waals surface area contributed by atoms with E-state index in [9.17, 15) is 4.79 Å². The zero-order valence-corrected chi connectivity index (χ0v) is 13.3. The van der Waals surface area contributed by atoms with E-state index in [1.807, 2.05) is 42.5 Å². The van der Waals surface area contributed by atoms with Gasteiger partial charge >= 0.3 is 0 Å². The van der Waals surface area contributed by atoms with Crippen molar-refractivity contribution in [2.24, 2.45) is 0 Å². The summed E-state index contributed by atoms with van der Waals surface area (Å²) in [6, 6.07) is 18.0. The summed E-state index contributed by atoms with van der Waals surface area (Å²) in [5.41, 5.74) is 3.29. The van der Waals surface area contributed by atoms with Crippen LogP contribution in [0.2, 0.25) is 0 Å². The number of benzene rings is 2. The van der Waals surface area contributed by atoms with Crippen LogP contribution < -0.4 is 4.74 Å². The van der Waals surface area contributed by atoms with Crippen LogP contribution in [0.25, 0.3) is 5.57 Å². The van der Waals surface area contributed by atoms with Crippen molar-refractivity contribution in [2.75, 3.05) is 7.11 Å². The fourth-order valence-corrected chi connectivity index (χ4v) is 3.42. The van der Waals surface area contributed by atoms with Crippen LogP contribution >= 0.6 is 15.9 Å². The molecule has 106 valence electrons. The first kappa shape index (κ1) is 14.1. The second-order valence-corrected chi connectivity index (χ2v) is 5.84. The molecule has 1 atom stereocenters. The molecule has 0 saturated carbocycles. The number of hydrogen-bond acceptors (Lipinski definition) is 2. The number of carbonyl (C=O) groups is 1. The van der Waals surface area contributed by atoms with Gasteiger partial charge in [-0.05, 0) is 44.8 Å². The first-order valence-corrected chi connectivity index (χ1v) is 7.62. The highest BCUT2D eigenvalue weighted by Crippen LogP contribution is 2.45. The van der Waals surface area contributed by atoms with E-state index < -0.39 is 0 Å². The summed E-state index contributed by atoms with van der Waals surface area (Å²) >= 11 is 3.48. The molecule has 3 rings (SSSR count). The molecular weight excluding hydrogens is 328 g/mol. The topological polar surface area (TPSA) is 26.3 Å². The van der Waals surface area contributed by atoms with Gasteiger partial charge in [0.2, 0.25) is 0 Å². The second kappa shape index (κ2) is 5.86. The predicted molar refractivity (Wildman–Crippen MR) is 87.6 cm³/mol. The Morgan fingerprint density at radius 2 is 1.71 bits per heavy atom. The summed E-state index contributed by atoms with van der Waals surface area (Å²) < 4.78 is 5.89. The molecule has 0 amide bonds. The third-order valence-corrected chi connectivity index (χ3v) is 4.69.